The number of nitrogens with zero attached hydrogens (tertiary/aromatic N) is 1. The molecule has 2 aromatic carbocycles. The average molecular weight is 413 g/mol. The first kappa shape index (κ1) is 20.8. The molecule has 156 valence electrons. The summed E-state index contributed by atoms with van der Waals surface area (Å²) in [5.41, 5.74) is -0.0337. The zero-order valence-electron chi connectivity index (χ0n) is 15.5. The van der Waals surface area contributed by atoms with Crippen molar-refractivity contribution in [2.24, 2.45) is 0 Å². The van der Waals surface area contributed by atoms with Crippen molar-refractivity contribution >= 4 is 5.91 Å². The van der Waals surface area contributed by atoms with Gasteiger partial charge < -0.3 is 19.1 Å². The summed E-state index contributed by atoms with van der Waals surface area (Å²) in [6, 6.07) is 7.38. The van der Waals surface area contributed by atoms with Crippen molar-refractivity contribution in [2.75, 3.05) is 20.2 Å². The molecule has 1 fully saturated rings. The summed E-state index contributed by atoms with van der Waals surface area (Å²) in [4.78, 5) is 14.3. The Morgan fingerprint density at radius 3 is 2.45 bits per heavy atom. The van der Waals surface area contributed by atoms with Gasteiger partial charge in [0.25, 0.3) is 5.91 Å². The van der Waals surface area contributed by atoms with Gasteiger partial charge in [-0.25, -0.2) is 8.78 Å². The lowest BCUT2D eigenvalue weighted by molar-refractivity contribution is -0.0517. The molecule has 0 saturated carbocycles. The first-order valence-electron chi connectivity index (χ1n) is 8.92. The Labute approximate surface area is 164 Å². The van der Waals surface area contributed by atoms with E-state index < -0.39 is 24.2 Å². The predicted octanol–water partition coefficient (Wildman–Crippen LogP) is 4.26. The van der Waals surface area contributed by atoms with Crippen molar-refractivity contribution in [1.29, 1.82) is 0 Å². The summed E-state index contributed by atoms with van der Waals surface area (Å²) < 4.78 is 67.3. The molecule has 1 amide bonds. The van der Waals surface area contributed by atoms with E-state index in [2.05, 4.69) is 4.74 Å². The van der Waals surface area contributed by atoms with Crippen LogP contribution in [-0.4, -0.2) is 43.7 Å². The number of ether oxygens (including phenoxy) is 3. The van der Waals surface area contributed by atoms with E-state index in [-0.39, 0.29) is 42.0 Å². The van der Waals surface area contributed by atoms with Gasteiger partial charge in [0.1, 0.15) is 11.9 Å². The Bertz CT molecular complexity index is 870. The lowest BCUT2D eigenvalue weighted by Crippen LogP contribution is -2.42. The van der Waals surface area contributed by atoms with Gasteiger partial charge in [0.15, 0.2) is 23.1 Å². The summed E-state index contributed by atoms with van der Waals surface area (Å²) in [6.45, 7) is -2.56. The molecule has 29 heavy (non-hydrogen) atoms. The topological polar surface area (TPSA) is 48.0 Å². The van der Waals surface area contributed by atoms with Gasteiger partial charge in [-0.15, -0.1) is 0 Å². The molecular weight excluding hydrogens is 394 g/mol. The van der Waals surface area contributed by atoms with Gasteiger partial charge in [-0.3, -0.25) is 4.79 Å². The van der Waals surface area contributed by atoms with Crippen LogP contribution in [0, 0.1) is 11.6 Å². The molecule has 9 heteroatoms. The van der Waals surface area contributed by atoms with E-state index >= 15 is 0 Å². The second-order valence-electron chi connectivity index (χ2n) is 6.40. The highest BCUT2D eigenvalue weighted by Gasteiger charge is 2.28. The predicted molar refractivity (Wildman–Crippen MR) is 95.5 cm³/mol. The molecule has 0 radical (unpaired) electrons. The van der Waals surface area contributed by atoms with Crippen molar-refractivity contribution in [1.82, 2.24) is 4.90 Å². The monoisotopic (exact) mass is 413 g/mol. The van der Waals surface area contributed by atoms with E-state index in [1.165, 1.54) is 36.3 Å². The van der Waals surface area contributed by atoms with Gasteiger partial charge in [-0.05, 0) is 24.3 Å². The van der Waals surface area contributed by atoms with Crippen LogP contribution in [0.3, 0.4) is 0 Å². The van der Waals surface area contributed by atoms with Crippen molar-refractivity contribution in [3.05, 3.63) is 53.6 Å². The largest absolute Gasteiger partial charge is 0.493 e. The number of benzene rings is 2. The number of rotatable bonds is 6. The molecule has 0 bridgehead atoms. The second-order valence-corrected chi connectivity index (χ2v) is 6.40. The molecule has 5 nitrogen and oxygen atoms in total. The molecular formula is C20H19F4NO4. The van der Waals surface area contributed by atoms with E-state index in [0.29, 0.717) is 12.8 Å². The minimum atomic E-state index is -3.11. The molecule has 1 aliphatic heterocycles. The van der Waals surface area contributed by atoms with Gasteiger partial charge in [-0.1, -0.05) is 6.07 Å². The normalized spacial score (nSPS) is 14.8. The van der Waals surface area contributed by atoms with Crippen LogP contribution in [0.2, 0.25) is 0 Å². The van der Waals surface area contributed by atoms with Crippen LogP contribution in [-0.2, 0) is 0 Å². The molecule has 0 N–H and O–H groups in total. The number of alkyl halides is 2. The van der Waals surface area contributed by atoms with Crippen LogP contribution in [0.25, 0.3) is 0 Å². The fraction of sp³-hybridized carbons (Fsp3) is 0.350. The maximum absolute atomic E-state index is 13.7. The second kappa shape index (κ2) is 9.02. The number of para-hydroxylation sites is 1. The minimum Gasteiger partial charge on any atom is -0.493 e. The van der Waals surface area contributed by atoms with Crippen LogP contribution in [0.5, 0.6) is 17.2 Å². The number of likely N-dealkylation sites (tertiary alicyclic amines) is 1. The molecule has 0 spiro atoms. The van der Waals surface area contributed by atoms with Crippen LogP contribution in [0.15, 0.2) is 36.4 Å². The third-order valence-corrected chi connectivity index (χ3v) is 4.55. The zero-order chi connectivity index (χ0) is 21.0. The lowest BCUT2D eigenvalue weighted by atomic mass is 10.1. The summed E-state index contributed by atoms with van der Waals surface area (Å²) >= 11 is 0. The third-order valence-electron chi connectivity index (χ3n) is 4.55. The molecule has 1 saturated heterocycles. The van der Waals surface area contributed by atoms with Crippen molar-refractivity contribution < 1.29 is 36.6 Å². The Hall–Kier alpha value is -2.97. The number of piperidine rings is 1. The number of halogens is 4. The van der Waals surface area contributed by atoms with Gasteiger partial charge in [0.05, 0.1) is 12.7 Å². The van der Waals surface area contributed by atoms with Crippen LogP contribution >= 0.6 is 0 Å². The van der Waals surface area contributed by atoms with Gasteiger partial charge in [0, 0.05) is 32.0 Å². The fourth-order valence-corrected chi connectivity index (χ4v) is 3.15. The zero-order valence-corrected chi connectivity index (χ0v) is 15.5. The van der Waals surface area contributed by atoms with E-state index in [1.54, 1.807) is 0 Å². The van der Waals surface area contributed by atoms with E-state index in [9.17, 15) is 22.4 Å². The van der Waals surface area contributed by atoms with Gasteiger partial charge in [0.2, 0.25) is 0 Å². The molecule has 2 aromatic rings. The quantitative estimate of drug-likeness (QED) is 0.664. The average Bonchev–Trinajstić information content (AvgIpc) is 2.70. The van der Waals surface area contributed by atoms with Crippen LogP contribution in [0.4, 0.5) is 17.6 Å². The summed E-state index contributed by atoms with van der Waals surface area (Å²) in [6.07, 6.45) is 0.441. The summed E-state index contributed by atoms with van der Waals surface area (Å²) in [5.74, 6) is -2.32. The number of amides is 1. The Morgan fingerprint density at radius 1 is 1.10 bits per heavy atom. The van der Waals surface area contributed by atoms with E-state index in [4.69, 9.17) is 9.47 Å². The number of methoxy groups -OCH3 is 1. The summed E-state index contributed by atoms with van der Waals surface area (Å²) in [5, 5.41) is 0. The molecule has 3 rings (SSSR count). The Balaban J connectivity index is 1.67. The maximum atomic E-state index is 13.7. The Kier molecular flexibility index (Phi) is 6.46. The van der Waals surface area contributed by atoms with E-state index in [1.807, 2.05) is 0 Å². The number of carbonyl (C=O) groups is 1. The molecule has 0 unspecified atom stereocenters. The number of hydrogen-bond acceptors (Lipinski definition) is 4. The third kappa shape index (κ3) is 4.90. The first-order valence-corrected chi connectivity index (χ1v) is 8.92. The van der Waals surface area contributed by atoms with Crippen LogP contribution in [0.1, 0.15) is 23.2 Å². The molecule has 0 aromatic heterocycles. The number of hydrogen-bond donors (Lipinski definition) is 0. The first-order chi connectivity index (χ1) is 13.9. The van der Waals surface area contributed by atoms with Crippen LogP contribution < -0.4 is 14.2 Å². The lowest BCUT2D eigenvalue weighted by Gasteiger charge is -2.32. The molecule has 0 aliphatic carbocycles. The van der Waals surface area contributed by atoms with E-state index in [0.717, 1.165) is 12.1 Å². The van der Waals surface area contributed by atoms with Gasteiger partial charge >= 0.3 is 6.61 Å². The number of carbonyl (C=O) groups excluding carboxylic acids is 1. The smallest absolute Gasteiger partial charge is 0.387 e. The molecule has 1 heterocycles. The Morgan fingerprint density at radius 2 is 1.83 bits per heavy atom. The minimum absolute atomic E-state index is 0.0288. The highest BCUT2D eigenvalue weighted by molar-refractivity contribution is 5.97. The highest BCUT2D eigenvalue weighted by atomic mass is 19.3. The van der Waals surface area contributed by atoms with Gasteiger partial charge in [-0.2, -0.15) is 8.78 Å². The standard InChI is InChI=1S/C20H19F4NO4/c1-27-17-4-2-3-14(18(17)29-20(23)24)19(26)25-9-7-13(8-10-25)28-16-6-5-12(21)11-15(16)22/h2-6,11,13,20H,7-10H2,1H3. The maximum Gasteiger partial charge on any atom is 0.387 e. The van der Waals surface area contributed by atoms with Crippen molar-refractivity contribution in [2.45, 2.75) is 25.6 Å². The fourth-order valence-electron chi connectivity index (χ4n) is 3.15. The van der Waals surface area contributed by atoms with Crippen molar-refractivity contribution in [3.63, 3.8) is 0 Å². The summed E-state index contributed by atoms with van der Waals surface area (Å²) in [7, 11) is 1.29. The SMILES string of the molecule is COc1cccc(C(=O)N2CCC(Oc3ccc(F)cc3F)CC2)c1OC(F)F. The highest BCUT2D eigenvalue weighted by Crippen LogP contribution is 2.34. The van der Waals surface area contributed by atoms with Crippen molar-refractivity contribution in [3.8, 4) is 17.2 Å². The molecule has 0 atom stereocenters. The molecule has 1 aliphatic rings.